The number of nitrogens with zero attached hydrogens (tertiary/aromatic N) is 1. The van der Waals surface area contributed by atoms with Crippen LogP contribution in [0.5, 0.6) is 0 Å². The summed E-state index contributed by atoms with van der Waals surface area (Å²) < 4.78 is 33.1. The molecule has 186 valence electrons. The van der Waals surface area contributed by atoms with Crippen molar-refractivity contribution >= 4 is 17.7 Å². The van der Waals surface area contributed by atoms with Crippen LogP contribution in [0.1, 0.15) is 40.9 Å². The van der Waals surface area contributed by atoms with E-state index in [0.29, 0.717) is 17.7 Å². The molecule has 0 aliphatic heterocycles. The largest absolute Gasteiger partial charge is 0.456 e. The first-order chi connectivity index (χ1) is 16.9. The number of nitrogens with two attached hydrogens (primary N) is 1. The number of nitrogens with one attached hydrogen (secondary N) is 1. The number of benzene rings is 2. The van der Waals surface area contributed by atoms with Crippen LogP contribution in [0, 0.1) is 11.6 Å². The summed E-state index contributed by atoms with van der Waals surface area (Å²) in [5.74, 6) is -1.05. The molecule has 0 bridgehead atoms. The second-order valence-corrected chi connectivity index (χ2v) is 9.57. The van der Waals surface area contributed by atoms with Crippen molar-refractivity contribution in [2.24, 2.45) is 5.73 Å². The number of rotatable bonds is 12. The highest BCUT2D eigenvalue weighted by Gasteiger charge is 2.24. The van der Waals surface area contributed by atoms with E-state index >= 15 is 0 Å². The molecule has 3 aromatic rings. The number of hydrogen-bond donors (Lipinski definition) is 2. The van der Waals surface area contributed by atoms with Gasteiger partial charge < -0.3 is 15.8 Å². The van der Waals surface area contributed by atoms with E-state index in [9.17, 15) is 13.6 Å². The first-order valence-corrected chi connectivity index (χ1v) is 12.6. The van der Waals surface area contributed by atoms with Crippen molar-refractivity contribution in [2.75, 3.05) is 12.3 Å². The Hall–Kier alpha value is -2.81. The minimum absolute atomic E-state index is 0.142. The van der Waals surface area contributed by atoms with Crippen LogP contribution in [-0.4, -0.2) is 35.4 Å². The maximum Gasteiger partial charge on any atom is 0.340 e. The molecule has 0 fully saturated rings. The lowest BCUT2D eigenvalue weighted by molar-refractivity contribution is 0.0237. The monoisotopic (exact) mass is 499 g/mol. The molecule has 0 aliphatic carbocycles. The van der Waals surface area contributed by atoms with Crippen LogP contribution < -0.4 is 11.1 Å². The van der Waals surface area contributed by atoms with Gasteiger partial charge in [-0.25, -0.2) is 13.6 Å². The molecule has 0 radical (unpaired) electrons. The zero-order valence-corrected chi connectivity index (χ0v) is 20.8. The highest BCUT2D eigenvalue weighted by Crippen LogP contribution is 2.19. The molecule has 2 aromatic carbocycles. The van der Waals surface area contributed by atoms with Crippen molar-refractivity contribution < 1.29 is 18.3 Å². The Morgan fingerprint density at radius 2 is 1.80 bits per heavy atom. The predicted molar refractivity (Wildman–Crippen MR) is 135 cm³/mol. The highest BCUT2D eigenvalue weighted by atomic mass is 32.2. The van der Waals surface area contributed by atoms with Gasteiger partial charge in [-0.3, -0.25) is 4.98 Å². The van der Waals surface area contributed by atoms with Gasteiger partial charge in [0.05, 0.1) is 5.56 Å². The number of ether oxygens (including phenoxy) is 1. The molecule has 3 N–H and O–H groups in total. The van der Waals surface area contributed by atoms with Gasteiger partial charge in [0.25, 0.3) is 0 Å². The number of halogens is 2. The highest BCUT2D eigenvalue weighted by molar-refractivity contribution is 7.99. The molecular formula is C27H31F2N3O2S. The average molecular weight is 500 g/mol. The molecule has 0 amide bonds. The second-order valence-electron chi connectivity index (χ2n) is 8.24. The van der Waals surface area contributed by atoms with Gasteiger partial charge in [0.1, 0.15) is 17.7 Å². The van der Waals surface area contributed by atoms with E-state index < -0.39 is 29.7 Å². The van der Waals surface area contributed by atoms with Gasteiger partial charge in [0, 0.05) is 42.5 Å². The lowest BCUT2D eigenvalue weighted by atomic mass is 10.0. The third kappa shape index (κ3) is 8.42. The second kappa shape index (κ2) is 13.3. The smallest absolute Gasteiger partial charge is 0.340 e. The molecule has 8 heteroatoms. The van der Waals surface area contributed by atoms with Gasteiger partial charge in [-0.2, -0.15) is 0 Å². The van der Waals surface area contributed by atoms with Gasteiger partial charge in [-0.1, -0.05) is 38.1 Å². The SMILES string of the molecule is CCSc1cncc(C(=O)O[C@H](CNCc2cccc(CC)c2)[C@@H](N)Cc2cc(F)cc(F)c2)c1. The van der Waals surface area contributed by atoms with Gasteiger partial charge >= 0.3 is 5.97 Å². The van der Waals surface area contributed by atoms with Gasteiger partial charge in [-0.05, 0) is 53.5 Å². The number of pyridine rings is 1. The molecule has 35 heavy (non-hydrogen) atoms. The number of thioether (sulfide) groups is 1. The Morgan fingerprint density at radius 3 is 2.51 bits per heavy atom. The first kappa shape index (κ1) is 26.8. The van der Waals surface area contributed by atoms with Crippen molar-refractivity contribution in [3.8, 4) is 0 Å². The third-order valence-corrected chi connectivity index (χ3v) is 6.31. The predicted octanol–water partition coefficient (Wildman–Crippen LogP) is 4.92. The normalized spacial score (nSPS) is 12.8. The van der Waals surface area contributed by atoms with E-state index in [1.165, 1.54) is 23.9 Å². The summed E-state index contributed by atoms with van der Waals surface area (Å²) in [5.41, 5.74) is 9.45. The van der Waals surface area contributed by atoms with E-state index in [0.717, 1.165) is 28.7 Å². The Balaban J connectivity index is 1.72. The van der Waals surface area contributed by atoms with Crippen LogP contribution in [0.2, 0.25) is 0 Å². The summed E-state index contributed by atoms with van der Waals surface area (Å²) in [7, 11) is 0. The topological polar surface area (TPSA) is 77.2 Å². The number of carbonyl (C=O) groups is 1. The Morgan fingerprint density at radius 1 is 1.06 bits per heavy atom. The van der Waals surface area contributed by atoms with Crippen LogP contribution in [0.3, 0.4) is 0 Å². The quantitative estimate of drug-likeness (QED) is 0.272. The molecule has 2 atom stereocenters. The molecular weight excluding hydrogens is 468 g/mol. The minimum Gasteiger partial charge on any atom is -0.456 e. The number of carbonyl (C=O) groups excluding carboxylic acids is 1. The molecule has 0 aliphatic rings. The zero-order chi connectivity index (χ0) is 25.2. The molecule has 3 rings (SSSR count). The van der Waals surface area contributed by atoms with Crippen LogP contribution in [0.25, 0.3) is 0 Å². The van der Waals surface area contributed by atoms with Crippen LogP contribution in [-0.2, 0) is 24.1 Å². The van der Waals surface area contributed by atoms with E-state index in [1.54, 1.807) is 24.0 Å². The Labute approximate surface area is 209 Å². The fraction of sp³-hybridized carbons (Fsp3) is 0.333. The first-order valence-electron chi connectivity index (χ1n) is 11.7. The van der Waals surface area contributed by atoms with Crippen molar-refractivity contribution in [1.82, 2.24) is 10.3 Å². The van der Waals surface area contributed by atoms with Crippen molar-refractivity contribution in [2.45, 2.75) is 50.3 Å². The number of esters is 1. The van der Waals surface area contributed by atoms with E-state index in [-0.39, 0.29) is 13.0 Å². The molecule has 5 nitrogen and oxygen atoms in total. The summed E-state index contributed by atoms with van der Waals surface area (Å²) >= 11 is 1.57. The lowest BCUT2D eigenvalue weighted by Gasteiger charge is -2.25. The molecule has 0 saturated carbocycles. The maximum absolute atomic E-state index is 13.7. The van der Waals surface area contributed by atoms with Crippen molar-refractivity contribution in [3.05, 3.63) is 94.8 Å². The van der Waals surface area contributed by atoms with E-state index in [4.69, 9.17) is 10.5 Å². The van der Waals surface area contributed by atoms with Gasteiger partial charge in [0.2, 0.25) is 0 Å². The Kier molecular flexibility index (Phi) is 10.2. The molecule has 0 unspecified atom stereocenters. The van der Waals surface area contributed by atoms with Crippen LogP contribution in [0.4, 0.5) is 8.78 Å². The standard InChI is InChI=1S/C27H31F2N3O2S/c1-3-18-6-5-7-19(8-18)14-31-17-26(25(30)11-20-9-22(28)13-23(29)10-20)34-27(33)21-12-24(35-4-2)16-32-15-21/h5-10,12-13,15-16,25-26,31H,3-4,11,14,17,30H2,1-2H3/t25-,26+/m0/s1. The van der Waals surface area contributed by atoms with E-state index in [1.807, 2.05) is 19.1 Å². The fourth-order valence-electron chi connectivity index (χ4n) is 3.71. The third-order valence-electron chi connectivity index (χ3n) is 5.46. The summed E-state index contributed by atoms with van der Waals surface area (Å²) in [6.07, 6.45) is 3.50. The average Bonchev–Trinajstić information content (AvgIpc) is 2.83. The summed E-state index contributed by atoms with van der Waals surface area (Å²) in [5, 5.41) is 3.31. The summed E-state index contributed by atoms with van der Waals surface area (Å²) in [6.45, 7) is 4.95. The maximum atomic E-state index is 13.7. The number of aryl methyl sites for hydroxylation is 1. The number of aromatic nitrogens is 1. The number of hydrogen-bond acceptors (Lipinski definition) is 6. The van der Waals surface area contributed by atoms with Crippen molar-refractivity contribution in [3.63, 3.8) is 0 Å². The van der Waals surface area contributed by atoms with Gasteiger partial charge in [-0.15, -0.1) is 11.8 Å². The summed E-state index contributed by atoms with van der Waals surface area (Å²) in [6, 6.07) is 12.5. The molecule has 1 heterocycles. The van der Waals surface area contributed by atoms with Gasteiger partial charge in [0.15, 0.2) is 0 Å². The molecule has 0 spiro atoms. The minimum atomic E-state index is -0.731. The lowest BCUT2D eigenvalue weighted by Crippen LogP contribution is -2.46. The van der Waals surface area contributed by atoms with Crippen molar-refractivity contribution in [1.29, 1.82) is 0 Å². The molecule has 1 aromatic heterocycles. The Bertz CT molecular complexity index is 1110. The fourth-order valence-corrected chi connectivity index (χ4v) is 4.39. The van der Waals surface area contributed by atoms with Crippen LogP contribution >= 0.6 is 11.8 Å². The van der Waals surface area contributed by atoms with E-state index in [2.05, 4.69) is 29.4 Å². The summed E-state index contributed by atoms with van der Waals surface area (Å²) in [4.78, 5) is 17.9. The zero-order valence-electron chi connectivity index (χ0n) is 20.0. The molecule has 0 saturated heterocycles. The van der Waals surface area contributed by atoms with Crippen LogP contribution in [0.15, 0.2) is 65.8 Å².